The summed E-state index contributed by atoms with van der Waals surface area (Å²) < 4.78 is 0. The molecule has 0 aliphatic carbocycles. The van der Waals surface area contributed by atoms with E-state index in [2.05, 4.69) is 17.1 Å². The van der Waals surface area contributed by atoms with Crippen LogP contribution >= 0.6 is 11.6 Å². The number of hydrogen-bond acceptors (Lipinski definition) is 3. The van der Waals surface area contributed by atoms with Crippen LogP contribution < -0.4 is 5.32 Å². The molecule has 0 aromatic heterocycles. The Labute approximate surface area is 107 Å². The highest BCUT2D eigenvalue weighted by molar-refractivity contribution is 6.67. The highest BCUT2D eigenvalue weighted by Crippen LogP contribution is 2.21. The van der Waals surface area contributed by atoms with Crippen LogP contribution in [0.5, 0.6) is 0 Å². The van der Waals surface area contributed by atoms with Gasteiger partial charge in [-0.05, 0) is 36.2 Å². The van der Waals surface area contributed by atoms with Gasteiger partial charge in [0.2, 0.25) is 0 Å². The van der Waals surface area contributed by atoms with E-state index in [1.54, 1.807) is 12.1 Å². The third-order valence-electron chi connectivity index (χ3n) is 3.32. The lowest BCUT2D eigenvalue weighted by Crippen LogP contribution is -2.44. The van der Waals surface area contributed by atoms with Gasteiger partial charge in [0.25, 0.3) is 5.24 Å². The van der Waals surface area contributed by atoms with Crippen molar-refractivity contribution in [3.63, 3.8) is 0 Å². The molecular formula is C13H17ClN2O. The van der Waals surface area contributed by atoms with Gasteiger partial charge < -0.3 is 5.32 Å². The van der Waals surface area contributed by atoms with Crippen molar-refractivity contribution < 1.29 is 4.79 Å². The molecule has 1 saturated heterocycles. The fourth-order valence-electron chi connectivity index (χ4n) is 2.17. The van der Waals surface area contributed by atoms with Crippen molar-refractivity contribution in [1.29, 1.82) is 0 Å². The SMILES string of the molecule is CC(c1ccc(C(=O)Cl)cc1)N1CCNCC1. The molecule has 1 unspecified atom stereocenters. The van der Waals surface area contributed by atoms with E-state index >= 15 is 0 Å². The molecule has 1 aromatic carbocycles. The fourth-order valence-corrected chi connectivity index (χ4v) is 2.30. The summed E-state index contributed by atoms with van der Waals surface area (Å²) in [5.41, 5.74) is 1.79. The number of carbonyl (C=O) groups excluding carboxylic acids is 1. The van der Waals surface area contributed by atoms with Gasteiger partial charge in [-0.2, -0.15) is 0 Å². The van der Waals surface area contributed by atoms with Crippen LogP contribution in [0.4, 0.5) is 0 Å². The van der Waals surface area contributed by atoms with E-state index in [4.69, 9.17) is 11.6 Å². The molecule has 1 aromatic rings. The predicted octanol–water partition coefficient (Wildman–Crippen LogP) is 2.03. The predicted molar refractivity (Wildman–Crippen MR) is 69.5 cm³/mol. The molecular weight excluding hydrogens is 236 g/mol. The first kappa shape index (κ1) is 12.6. The molecule has 2 rings (SSSR count). The Morgan fingerprint density at radius 2 is 1.88 bits per heavy atom. The van der Waals surface area contributed by atoms with Gasteiger partial charge in [0, 0.05) is 37.8 Å². The summed E-state index contributed by atoms with van der Waals surface area (Å²) in [5, 5.41) is 2.94. The number of benzene rings is 1. The molecule has 0 radical (unpaired) electrons. The summed E-state index contributed by atoms with van der Waals surface area (Å²) in [4.78, 5) is 13.4. The summed E-state index contributed by atoms with van der Waals surface area (Å²) in [6.07, 6.45) is 0. The Hall–Kier alpha value is -0.900. The Morgan fingerprint density at radius 1 is 1.29 bits per heavy atom. The summed E-state index contributed by atoms with van der Waals surface area (Å²) in [7, 11) is 0. The summed E-state index contributed by atoms with van der Waals surface area (Å²) >= 11 is 5.43. The molecule has 0 spiro atoms. The van der Waals surface area contributed by atoms with E-state index in [0.29, 0.717) is 11.6 Å². The number of carbonyl (C=O) groups is 1. The average molecular weight is 253 g/mol. The average Bonchev–Trinajstić information content (AvgIpc) is 2.39. The Morgan fingerprint density at radius 3 is 2.41 bits per heavy atom. The Balaban J connectivity index is 2.07. The number of hydrogen-bond donors (Lipinski definition) is 1. The minimum absolute atomic E-state index is 0.386. The van der Waals surface area contributed by atoms with E-state index in [1.807, 2.05) is 12.1 Å². The first-order valence-corrected chi connectivity index (χ1v) is 6.31. The molecule has 1 heterocycles. The number of piperazine rings is 1. The largest absolute Gasteiger partial charge is 0.314 e. The van der Waals surface area contributed by atoms with Gasteiger partial charge in [-0.3, -0.25) is 9.69 Å². The minimum Gasteiger partial charge on any atom is -0.314 e. The normalized spacial score (nSPS) is 18.9. The van der Waals surface area contributed by atoms with Crippen molar-refractivity contribution in [3.05, 3.63) is 35.4 Å². The second-order valence-corrected chi connectivity index (χ2v) is 4.70. The highest BCUT2D eigenvalue weighted by Gasteiger charge is 2.17. The smallest absolute Gasteiger partial charge is 0.252 e. The lowest BCUT2D eigenvalue weighted by atomic mass is 10.0. The molecule has 4 heteroatoms. The van der Waals surface area contributed by atoms with Gasteiger partial charge in [-0.1, -0.05) is 12.1 Å². The van der Waals surface area contributed by atoms with Gasteiger partial charge >= 0.3 is 0 Å². The van der Waals surface area contributed by atoms with Gasteiger partial charge in [0.05, 0.1) is 0 Å². The summed E-state index contributed by atoms with van der Waals surface area (Å²) in [6, 6.07) is 7.95. The Kier molecular flexibility index (Phi) is 4.15. The first-order valence-electron chi connectivity index (χ1n) is 5.93. The van der Waals surface area contributed by atoms with Crippen molar-refractivity contribution in [1.82, 2.24) is 10.2 Å². The van der Waals surface area contributed by atoms with Crippen LogP contribution in [0.2, 0.25) is 0 Å². The van der Waals surface area contributed by atoms with Crippen LogP contribution in [0.1, 0.15) is 28.9 Å². The molecule has 0 amide bonds. The quantitative estimate of drug-likeness (QED) is 0.836. The van der Waals surface area contributed by atoms with Crippen LogP contribution in [0, 0.1) is 0 Å². The number of halogens is 1. The lowest BCUT2D eigenvalue weighted by Gasteiger charge is -2.33. The number of nitrogens with zero attached hydrogens (tertiary/aromatic N) is 1. The molecule has 17 heavy (non-hydrogen) atoms. The first-order chi connectivity index (χ1) is 8.18. The molecule has 0 saturated carbocycles. The van der Waals surface area contributed by atoms with E-state index < -0.39 is 5.24 Å². The van der Waals surface area contributed by atoms with Crippen molar-refractivity contribution >= 4 is 16.8 Å². The lowest BCUT2D eigenvalue weighted by molar-refractivity contribution is 0.108. The third-order valence-corrected chi connectivity index (χ3v) is 3.54. The van der Waals surface area contributed by atoms with Crippen molar-refractivity contribution in [2.24, 2.45) is 0 Å². The number of nitrogens with one attached hydrogen (secondary N) is 1. The van der Waals surface area contributed by atoms with Crippen molar-refractivity contribution in [2.45, 2.75) is 13.0 Å². The minimum atomic E-state index is -0.397. The zero-order valence-corrected chi connectivity index (χ0v) is 10.7. The van der Waals surface area contributed by atoms with Crippen LogP contribution in [-0.4, -0.2) is 36.3 Å². The van der Waals surface area contributed by atoms with Crippen LogP contribution in [0.15, 0.2) is 24.3 Å². The van der Waals surface area contributed by atoms with E-state index in [-0.39, 0.29) is 0 Å². The second kappa shape index (κ2) is 5.63. The van der Waals surface area contributed by atoms with Crippen molar-refractivity contribution in [3.8, 4) is 0 Å². The van der Waals surface area contributed by atoms with E-state index in [1.165, 1.54) is 5.56 Å². The molecule has 1 aliphatic rings. The monoisotopic (exact) mass is 252 g/mol. The zero-order chi connectivity index (χ0) is 12.3. The van der Waals surface area contributed by atoms with E-state index in [0.717, 1.165) is 26.2 Å². The molecule has 1 fully saturated rings. The standard InChI is InChI=1S/C13H17ClN2O/c1-10(16-8-6-15-7-9-16)11-2-4-12(5-3-11)13(14)17/h2-5,10,15H,6-9H2,1H3. The second-order valence-electron chi connectivity index (χ2n) is 4.36. The molecule has 1 atom stereocenters. The van der Waals surface area contributed by atoms with Gasteiger partial charge in [-0.25, -0.2) is 0 Å². The van der Waals surface area contributed by atoms with Gasteiger partial charge in [0.15, 0.2) is 0 Å². The van der Waals surface area contributed by atoms with Crippen LogP contribution in [0.25, 0.3) is 0 Å². The third kappa shape index (κ3) is 3.06. The van der Waals surface area contributed by atoms with Gasteiger partial charge in [-0.15, -0.1) is 0 Å². The topological polar surface area (TPSA) is 32.3 Å². The molecule has 3 nitrogen and oxygen atoms in total. The highest BCUT2D eigenvalue weighted by atomic mass is 35.5. The van der Waals surface area contributed by atoms with Crippen LogP contribution in [0.3, 0.4) is 0 Å². The molecule has 1 aliphatic heterocycles. The van der Waals surface area contributed by atoms with E-state index in [9.17, 15) is 4.79 Å². The Bertz CT molecular complexity index is 385. The maximum absolute atomic E-state index is 11.0. The molecule has 1 N–H and O–H groups in total. The van der Waals surface area contributed by atoms with Gasteiger partial charge in [0.1, 0.15) is 0 Å². The van der Waals surface area contributed by atoms with Crippen molar-refractivity contribution in [2.75, 3.05) is 26.2 Å². The maximum atomic E-state index is 11.0. The molecule has 92 valence electrons. The summed E-state index contributed by atoms with van der Waals surface area (Å²) in [5.74, 6) is 0. The maximum Gasteiger partial charge on any atom is 0.252 e. The zero-order valence-electron chi connectivity index (χ0n) is 9.95. The van der Waals surface area contributed by atoms with Crippen LogP contribution in [-0.2, 0) is 0 Å². The molecule has 0 bridgehead atoms. The summed E-state index contributed by atoms with van der Waals surface area (Å²) in [6.45, 7) is 6.42. The number of rotatable bonds is 3. The fraction of sp³-hybridized carbons (Fsp3) is 0.462.